The summed E-state index contributed by atoms with van der Waals surface area (Å²) in [5.74, 6) is -0.249. The van der Waals surface area contributed by atoms with Crippen molar-refractivity contribution >= 4 is 23.3 Å². The average molecular weight is 339 g/mol. The molecule has 2 amide bonds. The van der Waals surface area contributed by atoms with Crippen LogP contribution in [0.3, 0.4) is 0 Å². The van der Waals surface area contributed by atoms with E-state index in [9.17, 15) is 9.59 Å². The van der Waals surface area contributed by atoms with Gasteiger partial charge in [-0.2, -0.15) is 0 Å². The first-order chi connectivity index (χ1) is 11.1. The van der Waals surface area contributed by atoms with E-state index in [-0.39, 0.29) is 18.6 Å². The summed E-state index contributed by atoms with van der Waals surface area (Å²) >= 11 is 1.43. The van der Waals surface area contributed by atoms with Gasteiger partial charge in [0, 0.05) is 31.4 Å². The van der Waals surface area contributed by atoms with Crippen LogP contribution in [0, 0.1) is 5.92 Å². The zero-order valence-corrected chi connectivity index (χ0v) is 13.7. The van der Waals surface area contributed by atoms with Crippen molar-refractivity contribution in [3.8, 4) is 0 Å². The van der Waals surface area contributed by atoms with Crippen LogP contribution in [0.2, 0.25) is 0 Å². The highest BCUT2D eigenvalue weighted by atomic mass is 32.1. The Balaban J connectivity index is 1.40. The molecule has 1 aliphatic heterocycles. The topological polar surface area (TPSA) is 91.8 Å². The Morgan fingerprint density at radius 2 is 2.30 bits per heavy atom. The minimum absolute atomic E-state index is 0.0544. The summed E-state index contributed by atoms with van der Waals surface area (Å²) < 4.78 is 5.71. The van der Waals surface area contributed by atoms with Gasteiger partial charge in [-0.3, -0.25) is 4.79 Å². The van der Waals surface area contributed by atoms with E-state index >= 15 is 0 Å². The molecule has 8 heteroatoms. The molecular formula is C15H21N3O4S. The molecule has 7 nitrogen and oxygen atoms in total. The molecule has 1 atom stereocenters. The molecule has 2 heterocycles. The van der Waals surface area contributed by atoms with Crippen LogP contribution in [0.5, 0.6) is 0 Å². The number of rotatable bonds is 6. The summed E-state index contributed by atoms with van der Waals surface area (Å²) in [5.41, 5.74) is 0.573. The van der Waals surface area contributed by atoms with Gasteiger partial charge in [-0.05, 0) is 18.8 Å². The maximum atomic E-state index is 12.2. The monoisotopic (exact) mass is 339 g/mol. The van der Waals surface area contributed by atoms with Gasteiger partial charge in [-0.1, -0.05) is 0 Å². The fourth-order valence-corrected chi connectivity index (χ4v) is 3.50. The average Bonchev–Trinajstić information content (AvgIpc) is 3.29. The van der Waals surface area contributed by atoms with Gasteiger partial charge in [0.25, 0.3) is 0 Å². The summed E-state index contributed by atoms with van der Waals surface area (Å²) in [4.78, 5) is 28.9. The highest BCUT2D eigenvalue weighted by molar-refractivity contribution is 7.09. The number of hydrogen-bond acceptors (Lipinski definition) is 5. The molecule has 1 unspecified atom stereocenters. The molecule has 0 radical (unpaired) electrons. The molecule has 1 aromatic rings. The Hall–Kier alpha value is -1.67. The van der Waals surface area contributed by atoms with Crippen LogP contribution in [0.25, 0.3) is 0 Å². The number of carboxylic acids is 1. The molecule has 2 fully saturated rings. The number of morpholine rings is 1. The number of aromatic nitrogens is 1. The Morgan fingerprint density at radius 3 is 3.04 bits per heavy atom. The first kappa shape index (κ1) is 16.2. The summed E-state index contributed by atoms with van der Waals surface area (Å²) in [7, 11) is 0. The van der Waals surface area contributed by atoms with Crippen molar-refractivity contribution < 1.29 is 19.4 Å². The summed E-state index contributed by atoms with van der Waals surface area (Å²) in [6, 6.07) is -0.0544. The van der Waals surface area contributed by atoms with Gasteiger partial charge in [0.1, 0.15) is 0 Å². The Kier molecular flexibility index (Phi) is 5.12. The zero-order valence-electron chi connectivity index (χ0n) is 12.9. The Labute approximate surface area is 138 Å². The molecule has 1 aromatic heterocycles. The van der Waals surface area contributed by atoms with Gasteiger partial charge in [-0.15, -0.1) is 11.3 Å². The molecule has 1 saturated heterocycles. The van der Waals surface area contributed by atoms with Gasteiger partial charge in [0.2, 0.25) is 0 Å². The molecular weight excluding hydrogens is 318 g/mol. The summed E-state index contributed by atoms with van der Waals surface area (Å²) in [6.45, 7) is 2.43. The van der Waals surface area contributed by atoms with Gasteiger partial charge < -0.3 is 20.1 Å². The molecule has 23 heavy (non-hydrogen) atoms. The number of hydrogen-bond donors (Lipinski definition) is 2. The van der Waals surface area contributed by atoms with Crippen molar-refractivity contribution in [1.29, 1.82) is 0 Å². The van der Waals surface area contributed by atoms with Crippen molar-refractivity contribution in [2.75, 3.05) is 26.2 Å². The maximum absolute atomic E-state index is 12.2. The minimum atomic E-state index is -0.882. The van der Waals surface area contributed by atoms with Gasteiger partial charge >= 0.3 is 12.0 Å². The van der Waals surface area contributed by atoms with E-state index in [4.69, 9.17) is 9.84 Å². The SMILES string of the molecule is O=C(O)Cc1csc(CCNC(=O)N2CCOC(C3CC3)C2)n1. The van der Waals surface area contributed by atoms with Crippen molar-refractivity contribution in [1.82, 2.24) is 15.2 Å². The Bertz CT molecular complexity index is 573. The van der Waals surface area contributed by atoms with E-state index in [2.05, 4.69) is 10.3 Å². The lowest BCUT2D eigenvalue weighted by atomic mass is 10.2. The van der Waals surface area contributed by atoms with Crippen molar-refractivity contribution in [3.63, 3.8) is 0 Å². The third kappa shape index (κ3) is 4.65. The molecule has 126 valence electrons. The number of carbonyl (C=O) groups excluding carboxylic acids is 1. The van der Waals surface area contributed by atoms with E-state index < -0.39 is 5.97 Å². The molecule has 1 saturated carbocycles. The fourth-order valence-electron chi connectivity index (χ4n) is 2.70. The maximum Gasteiger partial charge on any atom is 0.317 e. The molecule has 2 aliphatic rings. The van der Waals surface area contributed by atoms with E-state index in [0.29, 0.717) is 44.3 Å². The summed E-state index contributed by atoms with van der Waals surface area (Å²) in [5, 5.41) is 14.2. The lowest BCUT2D eigenvalue weighted by Gasteiger charge is -2.33. The van der Waals surface area contributed by atoms with Crippen LogP contribution in [-0.2, 0) is 22.4 Å². The number of nitrogens with one attached hydrogen (secondary N) is 1. The third-order valence-corrected chi connectivity index (χ3v) is 5.03. The number of nitrogens with zero attached hydrogens (tertiary/aromatic N) is 2. The number of aliphatic carboxylic acids is 1. The molecule has 0 bridgehead atoms. The fraction of sp³-hybridized carbons (Fsp3) is 0.667. The van der Waals surface area contributed by atoms with Gasteiger partial charge in [0.15, 0.2) is 0 Å². The van der Waals surface area contributed by atoms with E-state index in [1.807, 2.05) is 4.90 Å². The summed E-state index contributed by atoms with van der Waals surface area (Å²) in [6.07, 6.45) is 3.18. The first-order valence-corrected chi connectivity index (χ1v) is 8.79. The van der Waals surface area contributed by atoms with Crippen molar-refractivity contribution in [2.24, 2.45) is 5.92 Å². The minimum Gasteiger partial charge on any atom is -0.481 e. The molecule has 0 spiro atoms. The van der Waals surface area contributed by atoms with Crippen LogP contribution >= 0.6 is 11.3 Å². The van der Waals surface area contributed by atoms with Crippen molar-refractivity contribution in [2.45, 2.75) is 31.8 Å². The highest BCUT2D eigenvalue weighted by Gasteiger charge is 2.36. The van der Waals surface area contributed by atoms with Crippen LogP contribution in [0.1, 0.15) is 23.5 Å². The predicted molar refractivity (Wildman–Crippen MR) is 84.6 cm³/mol. The van der Waals surface area contributed by atoms with Gasteiger partial charge in [0.05, 0.1) is 29.8 Å². The van der Waals surface area contributed by atoms with E-state index in [1.54, 1.807) is 5.38 Å². The van der Waals surface area contributed by atoms with Crippen LogP contribution < -0.4 is 5.32 Å². The molecule has 3 rings (SSSR count). The first-order valence-electron chi connectivity index (χ1n) is 7.91. The van der Waals surface area contributed by atoms with Crippen LogP contribution in [-0.4, -0.2) is 59.3 Å². The number of amides is 2. The number of thiazole rings is 1. The zero-order chi connectivity index (χ0) is 16.2. The van der Waals surface area contributed by atoms with Crippen LogP contribution in [0.4, 0.5) is 4.79 Å². The van der Waals surface area contributed by atoms with Crippen LogP contribution in [0.15, 0.2) is 5.38 Å². The second-order valence-electron chi connectivity index (χ2n) is 5.98. The van der Waals surface area contributed by atoms with Gasteiger partial charge in [-0.25, -0.2) is 9.78 Å². The quantitative estimate of drug-likeness (QED) is 0.811. The second kappa shape index (κ2) is 7.27. The largest absolute Gasteiger partial charge is 0.481 e. The lowest BCUT2D eigenvalue weighted by molar-refractivity contribution is -0.136. The highest BCUT2D eigenvalue weighted by Crippen LogP contribution is 2.35. The lowest BCUT2D eigenvalue weighted by Crippen LogP contribution is -2.50. The number of urea groups is 1. The number of ether oxygens (including phenoxy) is 1. The predicted octanol–water partition coefficient (Wildman–Crippen LogP) is 1.13. The molecule has 2 N–H and O–H groups in total. The molecule has 1 aliphatic carbocycles. The smallest absolute Gasteiger partial charge is 0.317 e. The Morgan fingerprint density at radius 1 is 1.48 bits per heavy atom. The standard InChI is InChI=1S/C15H21N3O4S/c19-14(20)7-11-9-23-13(17-11)3-4-16-15(21)18-5-6-22-12(8-18)10-1-2-10/h9-10,12H,1-8H2,(H,16,21)(H,19,20). The van der Waals surface area contributed by atoms with E-state index in [1.165, 1.54) is 24.2 Å². The third-order valence-electron chi connectivity index (χ3n) is 4.08. The number of carbonyl (C=O) groups is 2. The second-order valence-corrected chi connectivity index (χ2v) is 6.92. The van der Waals surface area contributed by atoms with E-state index in [0.717, 1.165) is 5.01 Å². The normalized spacial score (nSPS) is 21.2. The molecule has 0 aromatic carbocycles. The van der Waals surface area contributed by atoms with Crippen molar-refractivity contribution in [3.05, 3.63) is 16.1 Å². The number of carboxylic acid groups (broad SMARTS) is 1.